The molecule has 0 heterocycles. The van der Waals surface area contributed by atoms with Crippen LogP contribution >= 0.6 is 12.4 Å². The van der Waals surface area contributed by atoms with Crippen molar-refractivity contribution in [1.29, 1.82) is 0 Å². The minimum Gasteiger partial charge on any atom is -0.493 e. The first kappa shape index (κ1) is 20.0. The van der Waals surface area contributed by atoms with Crippen LogP contribution in [0.3, 0.4) is 0 Å². The molecule has 0 bridgehead atoms. The molecule has 0 radical (unpaired) electrons. The van der Waals surface area contributed by atoms with Crippen LogP contribution in [0.2, 0.25) is 0 Å². The fourth-order valence-electron chi connectivity index (χ4n) is 2.95. The number of nitrogens with two attached hydrogens (primary N) is 1. The van der Waals surface area contributed by atoms with Crippen LogP contribution in [-0.2, 0) is 10.0 Å². The smallest absolute Gasteiger partial charge is 0.241 e. The van der Waals surface area contributed by atoms with Crippen LogP contribution in [0.15, 0.2) is 23.1 Å². The summed E-state index contributed by atoms with van der Waals surface area (Å²) in [7, 11) is -0.648. The minimum atomic E-state index is -3.63. The zero-order chi connectivity index (χ0) is 16.2. The zero-order valence-corrected chi connectivity index (χ0v) is 15.1. The zero-order valence-electron chi connectivity index (χ0n) is 13.4. The summed E-state index contributed by atoms with van der Waals surface area (Å²) in [5, 5.41) is 0. The Morgan fingerprint density at radius 2 is 1.83 bits per heavy atom. The maximum absolute atomic E-state index is 12.6. The summed E-state index contributed by atoms with van der Waals surface area (Å²) in [6.07, 6.45) is 4.32. The van der Waals surface area contributed by atoms with Gasteiger partial charge < -0.3 is 15.2 Å². The molecular weight excluding hydrogens is 340 g/mol. The molecule has 1 aromatic carbocycles. The lowest BCUT2D eigenvalue weighted by Crippen LogP contribution is -2.44. The first-order chi connectivity index (χ1) is 10.5. The average molecular weight is 365 g/mol. The Hall–Kier alpha value is -1.02. The summed E-state index contributed by atoms with van der Waals surface area (Å²) in [6.45, 7) is 0.303. The van der Waals surface area contributed by atoms with E-state index in [1.54, 1.807) is 6.07 Å². The summed E-state index contributed by atoms with van der Waals surface area (Å²) in [5.74, 6) is 1.20. The van der Waals surface area contributed by atoms with E-state index in [2.05, 4.69) is 4.72 Å². The quantitative estimate of drug-likeness (QED) is 0.771. The molecule has 1 unspecified atom stereocenters. The third-order valence-corrected chi connectivity index (χ3v) is 5.68. The molecule has 0 aliphatic heterocycles. The number of methoxy groups -OCH3 is 2. The lowest BCUT2D eigenvalue weighted by molar-refractivity contribution is 0.353. The molecule has 8 heteroatoms. The van der Waals surface area contributed by atoms with Gasteiger partial charge in [-0.3, -0.25) is 0 Å². The van der Waals surface area contributed by atoms with Gasteiger partial charge in [-0.15, -0.1) is 12.4 Å². The predicted molar refractivity (Wildman–Crippen MR) is 91.9 cm³/mol. The van der Waals surface area contributed by atoms with Crippen LogP contribution in [0.25, 0.3) is 0 Å². The van der Waals surface area contributed by atoms with Crippen molar-refractivity contribution in [2.75, 3.05) is 20.8 Å². The maximum atomic E-state index is 12.6. The normalized spacial score (nSPS) is 16.7. The molecule has 1 aromatic rings. The number of halogens is 1. The summed E-state index contributed by atoms with van der Waals surface area (Å²) < 4.78 is 38.2. The number of ether oxygens (including phenoxy) is 2. The van der Waals surface area contributed by atoms with E-state index in [-0.39, 0.29) is 23.3 Å². The van der Waals surface area contributed by atoms with Crippen molar-refractivity contribution >= 4 is 22.4 Å². The van der Waals surface area contributed by atoms with Crippen molar-refractivity contribution in [2.24, 2.45) is 11.7 Å². The molecule has 0 saturated heterocycles. The van der Waals surface area contributed by atoms with Gasteiger partial charge in [0, 0.05) is 18.7 Å². The fraction of sp³-hybridized carbons (Fsp3) is 0.600. The Kier molecular flexibility index (Phi) is 7.60. The van der Waals surface area contributed by atoms with E-state index in [0.717, 1.165) is 25.7 Å². The van der Waals surface area contributed by atoms with Gasteiger partial charge in [-0.1, -0.05) is 12.8 Å². The number of nitrogens with one attached hydrogen (secondary N) is 1. The van der Waals surface area contributed by atoms with Gasteiger partial charge in [0.2, 0.25) is 10.0 Å². The van der Waals surface area contributed by atoms with Gasteiger partial charge in [0.15, 0.2) is 11.5 Å². The molecule has 2 rings (SSSR count). The van der Waals surface area contributed by atoms with E-state index in [4.69, 9.17) is 15.2 Å². The van der Waals surface area contributed by atoms with Crippen molar-refractivity contribution in [1.82, 2.24) is 4.72 Å². The molecule has 0 aromatic heterocycles. The van der Waals surface area contributed by atoms with Crippen LogP contribution in [0, 0.1) is 5.92 Å². The van der Waals surface area contributed by atoms with Crippen LogP contribution in [0.4, 0.5) is 0 Å². The predicted octanol–water partition coefficient (Wildman–Crippen LogP) is 1.92. The van der Waals surface area contributed by atoms with Crippen LogP contribution < -0.4 is 19.9 Å². The molecule has 3 N–H and O–H groups in total. The Labute approximate surface area is 144 Å². The molecule has 6 nitrogen and oxygen atoms in total. The van der Waals surface area contributed by atoms with Crippen molar-refractivity contribution < 1.29 is 17.9 Å². The van der Waals surface area contributed by atoms with E-state index in [0.29, 0.717) is 24.0 Å². The SMILES string of the molecule is COc1ccc(S(=O)(=O)NC(CN)C2CCCC2)cc1OC.Cl. The van der Waals surface area contributed by atoms with E-state index >= 15 is 0 Å². The highest BCUT2D eigenvalue weighted by Gasteiger charge is 2.28. The standard InChI is InChI=1S/C15H24N2O4S.ClH/c1-20-14-8-7-12(9-15(14)21-2)22(18,19)17-13(10-16)11-5-3-4-6-11;/h7-9,11,13,17H,3-6,10,16H2,1-2H3;1H. The van der Waals surface area contributed by atoms with E-state index in [1.807, 2.05) is 0 Å². The second-order valence-corrected chi connectivity index (χ2v) is 7.24. The summed E-state index contributed by atoms with van der Waals surface area (Å²) in [5.41, 5.74) is 5.77. The van der Waals surface area contributed by atoms with Crippen LogP contribution in [0.1, 0.15) is 25.7 Å². The number of hydrogen-bond acceptors (Lipinski definition) is 5. The third-order valence-electron chi connectivity index (χ3n) is 4.19. The van der Waals surface area contributed by atoms with Crippen molar-refractivity contribution in [3.8, 4) is 11.5 Å². The van der Waals surface area contributed by atoms with Gasteiger partial charge in [0.1, 0.15) is 0 Å². The molecule has 0 spiro atoms. The van der Waals surface area contributed by atoms with Gasteiger partial charge in [-0.2, -0.15) is 0 Å². The highest BCUT2D eigenvalue weighted by Crippen LogP contribution is 2.31. The van der Waals surface area contributed by atoms with E-state index in [9.17, 15) is 8.42 Å². The molecule has 23 heavy (non-hydrogen) atoms. The van der Waals surface area contributed by atoms with Gasteiger partial charge in [-0.25, -0.2) is 13.1 Å². The molecule has 1 saturated carbocycles. The topological polar surface area (TPSA) is 90.7 Å². The largest absolute Gasteiger partial charge is 0.493 e. The molecule has 0 amide bonds. The van der Waals surface area contributed by atoms with Crippen molar-refractivity contribution in [3.05, 3.63) is 18.2 Å². The second-order valence-electron chi connectivity index (χ2n) is 5.52. The van der Waals surface area contributed by atoms with E-state index < -0.39 is 10.0 Å². The Morgan fingerprint density at radius 1 is 1.22 bits per heavy atom. The second kappa shape index (κ2) is 8.73. The molecule has 1 fully saturated rings. The fourth-order valence-corrected chi connectivity index (χ4v) is 4.28. The minimum absolute atomic E-state index is 0. The highest BCUT2D eigenvalue weighted by atomic mass is 35.5. The van der Waals surface area contributed by atoms with Gasteiger partial charge >= 0.3 is 0 Å². The van der Waals surface area contributed by atoms with Crippen molar-refractivity contribution in [3.63, 3.8) is 0 Å². The molecule has 1 atom stereocenters. The van der Waals surface area contributed by atoms with Crippen LogP contribution in [0.5, 0.6) is 11.5 Å². The maximum Gasteiger partial charge on any atom is 0.241 e. The summed E-state index contributed by atoms with van der Waals surface area (Å²) in [4.78, 5) is 0.154. The highest BCUT2D eigenvalue weighted by molar-refractivity contribution is 7.89. The number of rotatable bonds is 7. The Bertz CT molecular complexity index is 603. The van der Waals surface area contributed by atoms with Gasteiger partial charge in [-0.05, 0) is 30.9 Å². The molecule has 132 valence electrons. The Balaban J connectivity index is 0.00000264. The monoisotopic (exact) mass is 364 g/mol. The summed E-state index contributed by atoms with van der Waals surface area (Å²) in [6, 6.07) is 4.33. The molecular formula is C15H25ClN2O4S. The number of hydrogen-bond donors (Lipinski definition) is 2. The Morgan fingerprint density at radius 3 is 2.35 bits per heavy atom. The lowest BCUT2D eigenvalue weighted by atomic mass is 9.99. The number of sulfonamides is 1. The third kappa shape index (κ3) is 4.73. The summed E-state index contributed by atoms with van der Waals surface area (Å²) >= 11 is 0. The molecule has 1 aliphatic carbocycles. The number of benzene rings is 1. The van der Waals surface area contributed by atoms with Gasteiger partial charge in [0.05, 0.1) is 19.1 Å². The van der Waals surface area contributed by atoms with Crippen molar-refractivity contribution in [2.45, 2.75) is 36.6 Å². The lowest BCUT2D eigenvalue weighted by Gasteiger charge is -2.23. The van der Waals surface area contributed by atoms with Gasteiger partial charge in [0.25, 0.3) is 0 Å². The first-order valence-electron chi connectivity index (χ1n) is 7.46. The average Bonchev–Trinajstić information content (AvgIpc) is 3.06. The molecule has 1 aliphatic rings. The first-order valence-corrected chi connectivity index (χ1v) is 8.94. The van der Waals surface area contributed by atoms with Crippen LogP contribution in [-0.4, -0.2) is 35.2 Å². The van der Waals surface area contributed by atoms with E-state index in [1.165, 1.54) is 26.4 Å².